The van der Waals surface area contributed by atoms with Gasteiger partial charge in [-0.3, -0.25) is 4.99 Å². The van der Waals surface area contributed by atoms with E-state index in [1.165, 1.54) is 0 Å². The van der Waals surface area contributed by atoms with Crippen LogP contribution in [0.3, 0.4) is 0 Å². The number of guanidine groups is 1. The van der Waals surface area contributed by atoms with Crippen LogP contribution in [-0.4, -0.2) is 33.3 Å². The Labute approximate surface area is 161 Å². The average Bonchev–Trinajstić information content (AvgIpc) is 2.81. The quantitative estimate of drug-likeness (QED) is 0.436. The first-order chi connectivity index (χ1) is 10.8. The van der Waals surface area contributed by atoms with E-state index in [1.807, 2.05) is 36.9 Å². The number of pyridine rings is 1. The molecule has 0 saturated heterocycles. The Kier molecular flexibility index (Phi) is 7.19. The average molecular weight is 442 g/mol. The normalized spacial score (nSPS) is 11.8. The molecule has 0 aliphatic rings. The number of hydrogen-bond acceptors (Lipinski definition) is 3. The molecule has 0 aliphatic carbocycles. The summed E-state index contributed by atoms with van der Waals surface area (Å²) >= 11 is 0. The number of hydrogen-bond donors (Lipinski definition) is 2. The Bertz CT molecular complexity index is 682. The summed E-state index contributed by atoms with van der Waals surface area (Å²) in [6.07, 6.45) is 1.86. The van der Waals surface area contributed by atoms with Gasteiger partial charge in [-0.15, -0.1) is 24.0 Å². The van der Waals surface area contributed by atoms with E-state index in [0.717, 1.165) is 28.7 Å². The van der Waals surface area contributed by atoms with Crippen molar-refractivity contribution < 1.29 is 0 Å². The number of aromatic nitrogens is 3. The Morgan fingerprint density at radius 3 is 2.42 bits per heavy atom. The lowest BCUT2D eigenvalue weighted by Crippen LogP contribution is -2.47. The van der Waals surface area contributed by atoms with Gasteiger partial charge in [-0.25, -0.2) is 9.67 Å². The van der Waals surface area contributed by atoms with Crippen LogP contribution >= 0.6 is 24.0 Å². The summed E-state index contributed by atoms with van der Waals surface area (Å²) in [5.74, 6) is 1.61. The maximum absolute atomic E-state index is 4.50. The van der Waals surface area contributed by atoms with Crippen molar-refractivity contribution in [3.63, 3.8) is 0 Å². The second-order valence-corrected chi connectivity index (χ2v) is 6.66. The molecule has 0 fully saturated rings. The van der Waals surface area contributed by atoms with Crippen molar-refractivity contribution in [3.8, 4) is 5.82 Å². The van der Waals surface area contributed by atoms with Gasteiger partial charge < -0.3 is 10.6 Å². The molecule has 2 heterocycles. The minimum atomic E-state index is -0.0283. The van der Waals surface area contributed by atoms with Gasteiger partial charge in [0.1, 0.15) is 0 Å². The van der Waals surface area contributed by atoms with Crippen molar-refractivity contribution in [3.05, 3.63) is 41.3 Å². The third-order valence-electron chi connectivity index (χ3n) is 3.21. The molecule has 132 valence electrons. The first kappa shape index (κ1) is 20.4. The predicted octanol–water partition coefficient (Wildman–Crippen LogP) is 2.97. The van der Waals surface area contributed by atoms with Crippen molar-refractivity contribution in [2.24, 2.45) is 4.99 Å². The lowest BCUT2D eigenvalue weighted by molar-refractivity contribution is 0.501. The molecule has 2 rings (SSSR count). The molecular formula is C17H27IN6. The molecule has 0 saturated carbocycles. The second-order valence-electron chi connectivity index (χ2n) is 6.66. The van der Waals surface area contributed by atoms with Crippen LogP contribution in [0.15, 0.2) is 29.4 Å². The molecule has 0 radical (unpaired) electrons. The zero-order chi connectivity index (χ0) is 17.0. The van der Waals surface area contributed by atoms with Gasteiger partial charge in [0.05, 0.1) is 5.69 Å². The van der Waals surface area contributed by atoms with E-state index in [1.54, 1.807) is 7.05 Å². The molecule has 7 heteroatoms. The monoisotopic (exact) mass is 442 g/mol. The van der Waals surface area contributed by atoms with Crippen LogP contribution in [0.2, 0.25) is 0 Å². The fraction of sp³-hybridized carbons (Fsp3) is 0.471. The van der Waals surface area contributed by atoms with Crippen LogP contribution in [0.25, 0.3) is 5.82 Å². The first-order valence-corrected chi connectivity index (χ1v) is 7.76. The van der Waals surface area contributed by atoms with Gasteiger partial charge in [0, 0.05) is 31.0 Å². The summed E-state index contributed by atoms with van der Waals surface area (Å²) in [6.45, 7) is 11.0. The van der Waals surface area contributed by atoms with E-state index >= 15 is 0 Å². The van der Waals surface area contributed by atoms with Crippen molar-refractivity contribution in [1.82, 2.24) is 25.4 Å². The van der Waals surface area contributed by atoms with Crippen LogP contribution in [0.1, 0.15) is 37.7 Å². The summed E-state index contributed by atoms with van der Waals surface area (Å²) in [6, 6.07) is 6.08. The number of aliphatic imine (C=N–C) groups is 1. The highest BCUT2D eigenvalue weighted by molar-refractivity contribution is 14.0. The summed E-state index contributed by atoms with van der Waals surface area (Å²) in [5, 5.41) is 11.1. The Balaban J connectivity index is 0.00000288. The van der Waals surface area contributed by atoms with E-state index in [-0.39, 0.29) is 29.5 Å². The molecule has 0 unspecified atom stereocenters. The first-order valence-electron chi connectivity index (χ1n) is 7.76. The van der Waals surface area contributed by atoms with Crippen molar-refractivity contribution in [2.45, 2.75) is 46.7 Å². The van der Waals surface area contributed by atoms with Gasteiger partial charge in [0.2, 0.25) is 0 Å². The van der Waals surface area contributed by atoms with Crippen molar-refractivity contribution in [2.75, 3.05) is 7.05 Å². The van der Waals surface area contributed by atoms with Gasteiger partial charge in [0.25, 0.3) is 0 Å². The van der Waals surface area contributed by atoms with Crippen LogP contribution in [0, 0.1) is 13.8 Å². The molecule has 2 aromatic rings. The van der Waals surface area contributed by atoms with Crippen LogP contribution in [-0.2, 0) is 6.54 Å². The molecular weight excluding hydrogens is 415 g/mol. The molecule has 0 aliphatic heterocycles. The Morgan fingerprint density at radius 1 is 1.25 bits per heavy atom. The van der Waals surface area contributed by atoms with E-state index in [9.17, 15) is 0 Å². The highest BCUT2D eigenvalue weighted by Gasteiger charge is 2.11. The number of nitrogens with zero attached hydrogens (tertiary/aromatic N) is 4. The molecule has 0 bridgehead atoms. The fourth-order valence-corrected chi connectivity index (χ4v) is 2.23. The standard InChI is InChI=1S/C17H26N6.HI/c1-12-9-13(2)23(22-12)15-8-7-14(10-19-15)11-20-16(18-6)21-17(3,4)5;/h7-10H,11H2,1-6H3,(H2,18,20,21);1H. The number of rotatable bonds is 3. The zero-order valence-electron chi connectivity index (χ0n) is 15.2. The minimum Gasteiger partial charge on any atom is -0.352 e. The van der Waals surface area contributed by atoms with Gasteiger partial charge in [-0.1, -0.05) is 6.07 Å². The van der Waals surface area contributed by atoms with Crippen LogP contribution in [0.5, 0.6) is 0 Å². The van der Waals surface area contributed by atoms with E-state index < -0.39 is 0 Å². The summed E-state index contributed by atoms with van der Waals surface area (Å²) < 4.78 is 1.85. The molecule has 0 aromatic carbocycles. The molecule has 0 amide bonds. The molecule has 6 nitrogen and oxygen atoms in total. The SMILES string of the molecule is CN=C(NCc1ccc(-n2nc(C)cc2C)nc1)NC(C)(C)C.I. The lowest BCUT2D eigenvalue weighted by Gasteiger charge is -2.23. The molecule has 2 aromatic heterocycles. The van der Waals surface area contributed by atoms with Crippen LogP contribution < -0.4 is 10.6 Å². The van der Waals surface area contributed by atoms with Gasteiger partial charge in [-0.2, -0.15) is 5.10 Å². The third-order valence-corrected chi connectivity index (χ3v) is 3.21. The second kappa shape index (κ2) is 8.46. The molecule has 24 heavy (non-hydrogen) atoms. The maximum Gasteiger partial charge on any atom is 0.191 e. The third kappa shape index (κ3) is 5.77. The Hall–Kier alpha value is -1.64. The Morgan fingerprint density at radius 2 is 1.96 bits per heavy atom. The van der Waals surface area contributed by atoms with Crippen LogP contribution in [0.4, 0.5) is 0 Å². The summed E-state index contributed by atoms with van der Waals surface area (Å²) in [7, 11) is 1.77. The van der Waals surface area contributed by atoms with Gasteiger partial charge in [0.15, 0.2) is 11.8 Å². The molecule has 0 spiro atoms. The van der Waals surface area contributed by atoms with Gasteiger partial charge >= 0.3 is 0 Å². The predicted molar refractivity (Wildman–Crippen MR) is 109 cm³/mol. The number of aryl methyl sites for hydroxylation is 2. The summed E-state index contributed by atoms with van der Waals surface area (Å²) in [4.78, 5) is 8.73. The van der Waals surface area contributed by atoms with E-state index in [2.05, 4.69) is 52.5 Å². The van der Waals surface area contributed by atoms with Crippen molar-refractivity contribution in [1.29, 1.82) is 0 Å². The lowest BCUT2D eigenvalue weighted by atomic mass is 10.1. The molecule has 0 atom stereocenters. The van der Waals surface area contributed by atoms with E-state index in [0.29, 0.717) is 6.54 Å². The number of nitrogens with one attached hydrogen (secondary N) is 2. The minimum absolute atomic E-state index is 0. The van der Waals surface area contributed by atoms with Gasteiger partial charge in [-0.05, 0) is 52.3 Å². The molecule has 2 N–H and O–H groups in total. The largest absolute Gasteiger partial charge is 0.352 e. The zero-order valence-corrected chi connectivity index (χ0v) is 17.5. The fourth-order valence-electron chi connectivity index (χ4n) is 2.23. The number of halogens is 1. The topological polar surface area (TPSA) is 67.1 Å². The highest BCUT2D eigenvalue weighted by Crippen LogP contribution is 2.10. The van der Waals surface area contributed by atoms with Crippen molar-refractivity contribution >= 4 is 29.9 Å². The summed E-state index contributed by atoms with van der Waals surface area (Å²) in [5.41, 5.74) is 3.13. The van der Waals surface area contributed by atoms with E-state index in [4.69, 9.17) is 0 Å². The highest BCUT2D eigenvalue weighted by atomic mass is 127. The smallest absolute Gasteiger partial charge is 0.191 e. The maximum atomic E-state index is 4.50.